The monoisotopic (exact) mass is 444 g/mol. The number of benzene rings is 2. The molecule has 2 amide bonds. The summed E-state index contributed by atoms with van der Waals surface area (Å²) < 4.78 is 5.22. The van der Waals surface area contributed by atoms with Crippen LogP contribution in [0.2, 0.25) is 5.02 Å². The number of anilines is 1. The molecule has 7 nitrogen and oxygen atoms in total. The zero-order chi connectivity index (χ0) is 23.1. The Morgan fingerprint density at radius 1 is 0.903 bits per heavy atom. The Labute approximate surface area is 186 Å². The van der Waals surface area contributed by atoms with Crippen LogP contribution in [0, 0.1) is 5.92 Å². The van der Waals surface area contributed by atoms with Crippen molar-refractivity contribution in [2.24, 2.45) is 5.92 Å². The van der Waals surface area contributed by atoms with Crippen molar-refractivity contribution >= 4 is 40.9 Å². The van der Waals surface area contributed by atoms with Gasteiger partial charge >= 0.3 is 5.97 Å². The van der Waals surface area contributed by atoms with Gasteiger partial charge in [-0.15, -0.1) is 0 Å². The third kappa shape index (κ3) is 6.65. The summed E-state index contributed by atoms with van der Waals surface area (Å²) in [5.74, 6) is -1.97. The van der Waals surface area contributed by atoms with Gasteiger partial charge in [0, 0.05) is 17.2 Å². The van der Waals surface area contributed by atoms with E-state index < -0.39 is 29.8 Å². The molecule has 31 heavy (non-hydrogen) atoms. The molecule has 0 aliphatic heterocycles. The fourth-order valence-corrected chi connectivity index (χ4v) is 2.77. The minimum atomic E-state index is -1.05. The first kappa shape index (κ1) is 24.1. The van der Waals surface area contributed by atoms with E-state index in [0.717, 1.165) is 0 Å². The summed E-state index contributed by atoms with van der Waals surface area (Å²) in [5.41, 5.74) is 1.13. The quantitative estimate of drug-likeness (QED) is 0.475. The lowest BCUT2D eigenvalue weighted by Crippen LogP contribution is -2.41. The van der Waals surface area contributed by atoms with Gasteiger partial charge in [-0.25, -0.2) is 4.79 Å². The number of amides is 2. The van der Waals surface area contributed by atoms with E-state index in [2.05, 4.69) is 10.6 Å². The summed E-state index contributed by atoms with van der Waals surface area (Å²) in [7, 11) is 0. The van der Waals surface area contributed by atoms with E-state index in [-0.39, 0.29) is 22.4 Å². The molecular weight excluding hydrogens is 420 g/mol. The fourth-order valence-electron chi connectivity index (χ4n) is 2.55. The van der Waals surface area contributed by atoms with Gasteiger partial charge in [0.1, 0.15) is 6.04 Å². The summed E-state index contributed by atoms with van der Waals surface area (Å²) in [6.07, 6.45) is -1.05. The van der Waals surface area contributed by atoms with Gasteiger partial charge in [-0.3, -0.25) is 14.4 Å². The molecule has 2 atom stereocenters. The van der Waals surface area contributed by atoms with Crippen LogP contribution < -0.4 is 10.6 Å². The van der Waals surface area contributed by atoms with Gasteiger partial charge in [0.05, 0.1) is 10.6 Å². The van der Waals surface area contributed by atoms with Crippen molar-refractivity contribution < 1.29 is 23.9 Å². The number of hydrogen-bond acceptors (Lipinski definition) is 5. The van der Waals surface area contributed by atoms with Gasteiger partial charge in [-0.05, 0) is 50.2 Å². The number of hydrogen-bond donors (Lipinski definition) is 2. The van der Waals surface area contributed by atoms with Gasteiger partial charge in [-0.2, -0.15) is 0 Å². The molecule has 0 fully saturated rings. The molecule has 0 aliphatic rings. The van der Waals surface area contributed by atoms with Crippen LogP contribution in [0.1, 0.15) is 48.4 Å². The van der Waals surface area contributed by atoms with E-state index in [1.807, 2.05) is 0 Å². The SMILES string of the molecule is CC(C)C(=O)Nc1ccc(C(=O)C(C)OC(=O)[C@H](C)NC(=O)c2ccccc2Cl)cc1. The second kappa shape index (κ2) is 10.7. The van der Waals surface area contributed by atoms with Crippen molar-refractivity contribution in [2.75, 3.05) is 5.32 Å². The Hall–Kier alpha value is -3.19. The van der Waals surface area contributed by atoms with Crippen LogP contribution >= 0.6 is 11.6 Å². The molecule has 0 radical (unpaired) electrons. The Bertz CT molecular complexity index is 972. The summed E-state index contributed by atoms with van der Waals surface area (Å²) in [6.45, 7) is 6.47. The summed E-state index contributed by atoms with van der Waals surface area (Å²) in [4.78, 5) is 48.9. The first-order chi connectivity index (χ1) is 14.6. The van der Waals surface area contributed by atoms with Crippen molar-refractivity contribution in [2.45, 2.75) is 39.8 Å². The molecule has 0 bridgehead atoms. The number of carbonyl (C=O) groups excluding carboxylic acids is 4. The van der Waals surface area contributed by atoms with Crippen molar-refractivity contribution in [1.82, 2.24) is 5.32 Å². The molecule has 2 rings (SSSR count). The molecule has 8 heteroatoms. The van der Waals surface area contributed by atoms with Crippen LogP contribution in [0.3, 0.4) is 0 Å². The normalized spacial score (nSPS) is 12.6. The maximum atomic E-state index is 12.6. The van der Waals surface area contributed by atoms with Gasteiger partial charge in [0.2, 0.25) is 11.7 Å². The Balaban J connectivity index is 1.94. The third-order valence-electron chi connectivity index (χ3n) is 4.44. The molecule has 0 saturated carbocycles. The predicted octanol–water partition coefficient (Wildman–Crippen LogP) is 3.87. The molecular formula is C23H25ClN2O5. The van der Waals surface area contributed by atoms with Crippen LogP contribution in [-0.2, 0) is 14.3 Å². The third-order valence-corrected chi connectivity index (χ3v) is 4.77. The van der Waals surface area contributed by atoms with E-state index in [1.54, 1.807) is 56.3 Å². The number of ketones is 1. The Kier molecular flexibility index (Phi) is 8.33. The zero-order valence-electron chi connectivity index (χ0n) is 17.8. The van der Waals surface area contributed by atoms with Crippen LogP contribution in [-0.4, -0.2) is 35.7 Å². The fraction of sp³-hybridized carbons (Fsp3) is 0.304. The minimum absolute atomic E-state index is 0.130. The van der Waals surface area contributed by atoms with Crippen LogP contribution in [0.5, 0.6) is 0 Å². The minimum Gasteiger partial charge on any atom is -0.453 e. The lowest BCUT2D eigenvalue weighted by molar-refractivity contribution is -0.148. The van der Waals surface area contributed by atoms with E-state index in [9.17, 15) is 19.2 Å². The highest BCUT2D eigenvalue weighted by atomic mass is 35.5. The van der Waals surface area contributed by atoms with Crippen LogP contribution in [0.4, 0.5) is 5.69 Å². The molecule has 0 aliphatic carbocycles. The van der Waals surface area contributed by atoms with Crippen LogP contribution in [0.15, 0.2) is 48.5 Å². The molecule has 2 aromatic carbocycles. The average molecular weight is 445 g/mol. The van der Waals surface area contributed by atoms with E-state index in [0.29, 0.717) is 11.3 Å². The zero-order valence-corrected chi connectivity index (χ0v) is 18.5. The molecule has 2 aromatic rings. The molecule has 2 N–H and O–H groups in total. The van der Waals surface area contributed by atoms with Crippen molar-refractivity contribution in [3.8, 4) is 0 Å². The van der Waals surface area contributed by atoms with E-state index in [4.69, 9.17) is 16.3 Å². The highest BCUT2D eigenvalue weighted by molar-refractivity contribution is 6.33. The number of esters is 1. The molecule has 0 spiro atoms. The Morgan fingerprint density at radius 2 is 1.52 bits per heavy atom. The second-order valence-electron chi connectivity index (χ2n) is 7.34. The number of nitrogens with one attached hydrogen (secondary N) is 2. The smallest absolute Gasteiger partial charge is 0.329 e. The molecule has 1 unspecified atom stereocenters. The maximum Gasteiger partial charge on any atom is 0.329 e. The van der Waals surface area contributed by atoms with Crippen molar-refractivity contribution in [1.29, 1.82) is 0 Å². The van der Waals surface area contributed by atoms with Crippen molar-refractivity contribution in [3.63, 3.8) is 0 Å². The highest BCUT2D eigenvalue weighted by Crippen LogP contribution is 2.16. The molecule has 164 valence electrons. The van der Waals surface area contributed by atoms with E-state index in [1.165, 1.54) is 19.9 Å². The lowest BCUT2D eigenvalue weighted by Gasteiger charge is -2.17. The van der Waals surface area contributed by atoms with Gasteiger partial charge in [-0.1, -0.05) is 37.6 Å². The highest BCUT2D eigenvalue weighted by Gasteiger charge is 2.25. The molecule has 0 aromatic heterocycles. The second-order valence-corrected chi connectivity index (χ2v) is 7.75. The van der Waals surface area contributed by atoms with Gasteiger partial charge in [0.25, 0.3) is 5.91 Å². The number of Topliss-reactive ketones (excluding diaryl/α,β-unsaturated/α-hetero) is 1. The maximum absolute atomic E-state index is 12.6. The largest absolute Gasteiger partial charge is 0.453 e. The lowest BCUT2D eigenvalue weighted by atomic mass is 10.1. The van der Waals surface area contributed by atoms with Gasteiger partial charge < -0.3 is 15.4 Å². The topological polar surface area (TPSA) is 102 Å². The number of ether oxygens (including phenoxy) is 1. The first-order valence-electron chi connectivity index (χ1n) is 9.81. The first-order valence-corrected chi connectivity index (χ1v) is 10.2. The number of rotatable bonds is 8. The Morgan fingerprint density at radius 3 is 2.10 bits per heavy atom. The summed E-state index contributed by atoms with van der Waals surface area (Å²) in [6, 6.07) is 11.8. The standard InChI is InChI=1S/C23H25ClN2O5/c1-13(2)21(28)26-17-11-9-16(10-12-17)20(27)15(4)31-23(30)14(3)25-22(29)18-7-5-6-8-19(18)24/h5-15H,1-4H3,(H,25,29)(H,26,28)/t14-,15?/m0/s1. The van der Waals surface area contributed by atoms with Gasteiger partial charge in [0.15, 0.2) is 6.10 Å². The number of carbonyl (C=O) groups is 4. The summed E-state index contributed by atoms with van der Waals surface area (Å²) in [5, 5.41) is 5.50. The molecule has 0 saturated heterocycles. The van der Waals surface area contributed by atoms with Crippen molar-refractivity contribution in [3.05, 3.63) is 64.7 Å². The van der Waals surface area contributed by atoms with E-state index >= 15 is 0 Å². The summed E-state index contributed by atoms with van der Waals surface area (Å²) >= 11 is 5.99. The number of halogens is 1. The molecule has 0 heterocycles. The predicted molar refractivity (Wildman–Crippen MR) is 118 cm³/mol. The van der Waals surface area contributed by atoms with Crippen LogP contribution in [0.25, 0.3) is 0 Å². The average Bonchev–Trinajstić information content (AvgIpc) is 2.73.